The Balaban J connectivity index is 1.64. The van der Waals surface area contributed by atoms with E-state index in [4.69, 9.17) is 0 Å². The van der Waals surface area contributed by atoms with Gasteiger partial charge in [-0.15, -0.1) is 0 Å². The van der Waals surface area contributed by atoms with Crippen molar-refractivity contribution in [1.29, 1.82) is 0 Å². The number of hydrogen-bond acceptors (Lipinski definition) is 3. The molecule has 31 heavy (non-hydrogen) atoms. The van der Waals surface area contributed by atoms with E-state index in [0.29, 0.717) is 29.7 Å². The molecule has 4 aromatic rings. The number of nitrogens with one attached hydrogen (secondary N) is 1. The molecule has 0 aliphatic rings. The molecule has 2 aromatic carbocycles. The lowest BCUT2D eigenvalue weighted by molar-refractivity contribution is 0.0730. The van der Waals surface area contributed by atoms with Gasteiger partial charge in [-0.2, -0.15) is 0 Å². The standard InChI is InChI=1S/C24H22F2N4O/c1-2-16-5-7-17(8-6-16)14-30(15-18-4-3-11-27-13-18)24(31)19-9-10-20-21(12-19)29-23(28-20)22(25)26/h3-13,22H,2,14-15H2,1H3,(H,28,29). The van der Waals surface area contributed by atoms with Crippen molar-refractivity contribution < 1.29 is 13.6 Å². The molecule has 7 heteroatoms. The summed E-state index contributed by atoms with van der Waals surface area (Å²) in [5.41, 5.74) is 4.37. The maximum Gasteiger partial charge on any atom is 0.295 e. The number of benzene rings is 2. The van der Waals surface area contributed by atoms with Crippen LogP contribution in [0, 0.1) is 0 Å². The lowest BCUT2D eigenvalue weighted by Crippen LogP contribution is -2.30. The van der Waals surface area contributed by atoms with Crippen molar-refractivity contribution in [3.05, 3.63) is 95.1 Å². The molecule has 0 saturated carbocycles. The van der Waals surface area contributed by atoms with Gasteiger partial charge in [0.1, 0.15) is 0 Å². The highest BCUT2D eigenvalue weighted by Crippen LogP contribution is 2.22. The molecule has 0 radical (unpaired) electrons. The molecular weight excluding hydrogens is 398 g/mol. The van der Waals surface area contributed by atoms with Crippen LogP contribution in [0.15, 0.2) is 67.0 Å². The Hall–Kier alpha value is -3.61. The largest absolute Gasteiger partial charge is 0.337 e. The van der Waals surface area contributed by atoms with Gasteiger partial charge in [0.2, 0.25) is 0 Å². The number of nitrogens with zero attached hydrogens (tertiary/aromatic N) is 3. The molecule has 0 aliphatic heterocycles. The van der Waals surface area contributed by atoms with Crippen LogP contribution in [-0.4, -0.2) is 25.8 Å². The molecule has 0 saturated heterocycles. The third-order valence-corrected chi connectivity index (χ3v) is 5.14. The van der Waals surface area contributed by atoms with Crippen LogP contribution in [0.5, 0.6) is 0 Å². The first-order valence-corrected chi connectivity index (χ1v) is 10.1. The smallest absolute Gasteiger partial charge is 0.295 e. The summed E-state index contributed by atoms with van der Waals surface area (Å²) in [6.07, 6.45) is 1.67. The van der Waals surface area contributed by atoms with E-state index in [1.54, 1.807) is 35.5 Å². The third kappa shape index (κ3) is 4.77. The summed E-state index contributed by atoms with van der Waals surface area (Å²) in [6, 6.07) is 16.7. The lowest BCUT2D eigenvalue weighted by Gasteiger charge is -2.23. The molecule has 0 unspecified atom stereocenters. The average Bonchev–Trinajstić information content (AvgIpc) is 3.23. The Bertz CT molecular complexity index is 1170. The van der Waals surface area contributed by atoms with Gasteiger partial charge in [-0.1, -0.05) is 37.3 Å². The number of halogens is 2. The van der Waals surface area contributed by atoms with Crippen LogP contribution in [0.25, 0.3) is 11.0 Å². The van der Waals surface area contributed by atoms with E-state index in [1.165, 1.54) is 5.56 Å². The summed E-state index contributed by atoms with van der Waals surface area (Å²) in [5, 5.41) is 0. The minimum Gasteiger partial charge on any atom is -0.337 e. The summed E-state index contributed by atoms with van der Waals surface area (Å²) >= 11 is 0. The number of rotatable bonds is 7. The van der Waals surface area contributed by atoms with Gasteiger partial charge in [0.15, 0.2) is 5.82 Å². The number of imidazole rings is 1. The van der Waals surface area contributed by atoms with Crippen LogP contribution in [0.2, 0.25) is 0 Å². The molecule has 1 amide bonds. The summed E-state index contributed by atoms with van der Waals surface area (Å²) < 4.78 is 25.9. The lowest BCUT2D eigenvalue weighted by atomic mass is 10.1. The van der Waals surface area contributed by atoms with Crippen molar-refractivity contribution in [3.8, 4) is 0 Å². The number of carbonyl (C=O) groups excluding carboxylic acids is 1. The fourth-order valence-corrected chi connectivity index (χ4v) is 3.46. The highest BCUT2D eigenvalue weighted by molar-refractivity contribution is 5.97. The molecule has 0 atom stereocenters. The van der Waals surface area contributed by atoms with E-state index >= 15 is 0 Å². The maximum atomic E-state index is 13.4. The average molecular weight is 420 g/mol. The first-order valence-electron chi connectivity index (χ1n) is 10.1. The van der Waals surface area contributed by atoms with Gasteiger partial charge >= 0.3 is 0 Å². The van der Waals surface area contributed by atoms with E-state index < -0.39 is 12.2 Å². The van der Waals surface area contributed by atoms with Crippen LogP contribution in [0.1, 0.15) is 46.2 Å². The molecule has 158 valence electrons. The number of carbonyl (C=O) groups is 1. The normalized spacial score (nSPS) is 11.2. The number of amides is 1. The molecular formula is C24H22F2N4O. The zero-order chi connectivity index (χ0) is 21.8. The fraction of sp³-hybridized carbons (Fsp3) is 0.208. The van der Waals surface area contributed by atoms with Crippen molar-refractivity contribution >= 4 is 16.9 Å². The summed E-state index contributed by atoms with van der Waals surface area (Å²) in [7, 11) is 0. The van der Waals surface area contributed by atoms with Gasteiger partial charge in [-0.25, -0.2) is 13.8 Å². The van der Waals surface area contributed by atoms with E-state index in [1.807, 2.05) is 24.3 Å². The molecule has 5 nitrogen and oxygen atoms in total. The molecule has 1 N–H and O–H groups in total. The number of pyridine rings is 1. The molecule has 2 aromatic heterocycles. The zero-order valence-electron chi connectivity index (χ0n) is 17.1. The second-order valence-corrected chi connectivity index (χ2v) is 7.35. The molecule has 0 aliphatic carbocycles. The number of fused-ring (bicyclic) bond motifs is 1. The predicted molar refractivity (Wildman–Crippen MR) is 115 cm³/mol. The Morgan fingerprint density at radius 3 is 2.45 bits per heavy atom. The predicted octanol–water partition coefficient (Wildman–Crippen LogP) is 5.30. The number of alkyl halides is 2. The van der Waals surface area contributed by atoms with Gasteiger partial charge in [0.25, 0.3) is 12.3 Å². The van der Waals surface area contributed by atoms with Crippen LogP contribution in [-0.2, 0) is 19.5 Å². The Labute approximate surface area is 178 Å². The highest BCUT2D eigenvalue weighted by atomic mass is 19.3. The van der Waals surface area contributed by atoms with Crippen LogP contribution >= 0.6 is 0 Å². The van der Waals surface area contributed by atoms with Gasteiger partial charge in [0.05, 0.1) is 11.0 Å². The van der Waals surface area contributed by atoms with Crippen molar-refractivity contribution in [2.45, 2.75) is 32.9 Å². The van der Waals surface area contributed by atoms with Gasteiger partial charge in [0, 0.05) is 31.0 Å². The quantitative estimate of drug-likeness (QED) is 0.441. The third-order valence-electron chi connectivity index (χ3n) is 5.14. The second kappa shape index (κ2) is 9.04. The van der Waals surface area contributed by atoms with Crippen molar-refractivity contribution in [3.63, 3.8) is 0 Å². The maximum absolute atomic E-state index is 13.4. The highest BCUT2D eigenvalue weighted by Gasteiger charge is 2.19. The number of aryl methyl sites for hydroxylation is 1. The minimum atomic E-state index is -2.69. The number of aromatic amines is 1. The van der Waals surface area contributed by atoms with Crippen LogP contribution in [0.3, 0.4) is 0 Å². The first kappa shape index (κ1) is 20.7. The van der Waals surface area contributed by atoms with Crippen molar-refractivity contribution in [2.75, 3.05) is 0 Å². The number of hydrogen-bond donors (Lipinski definition) is 1. The SMILES string of the molecule is CCc1ccc(CN(Cc2cccnc2)C(=O)c2ccc3nc(C(F)F)[nH]c3c2)cc1. The molecule has 0 bridgehead atoms. The first-order chi connectivity index (χ1) is 15.0. The minimum absolute atomic E-state index is 0.196. The van der Waals surface area contributed by atoms with Gasteiger partial charge in [-0.05, 0) is 47.4 Å². The van der Waals surface area contributed by atoms with E-state index in [0.717, 1.165) is 17.5 Å². The molecule has 2 heterocycles. The van der Waals surface area contributed by atoms with Gasteiger partial charge in [-0.3, -0.25) is 9.78 Å². The van der Waals surface area contributed by atoms with Gasteiger partial charge < -0.3 is 9.88 Å². The van der Waals surface area contributed by atoms with E-state index in [-0.39, 0.29) is 5.91 Å². The zero-order valence-corrected chi connectivity index (χ0v) is 17.1. The Morgan fingerprint density at radius 1 is 1.03 bits per heavy atom. The Morgan fingerprint density at radius 2 is 1.77 bits per heavy atom. The Kier molecular flexibility index (Phi) is 6.02. The topological polar surface area (TPSA) is 61.9 Å². The number of aromatic nitrogens is 3. The van der Waals surface area contributed by atoms with E-state index in [2.05, 4.69) is 34.0 Å². The van der Waals surface area contributed by atoms with Crippen LogP contribution < -0.4 is 0 Å². The summed E-state index contributed by atoms with van der Waals surface area (Å²) in [6.45, 7) is 2.89. The van der Waals surface area contributed by atoms with Crippen molar-refractivity contribution in [1.82, 2.24) is 19.9 Å². The van der Waals surface area contributed by atoms with Crippen molar-refractivity contribution in [2.24, 2.45) is 0 Å². The molecule has 0 spiro atoms. The molecule has 4 rings (SSSR count). The second-order valence-electron chi connectivity index (χ2n) is 7.35. The summed E-state index contributed by atoms with van der Waals surface area (Å²) in [5.74, 6) is -0.596. The van der Waals surface area contributed by atoms with Crippen LogP contribution in [0.4, 0.5) is 8.78 Å². The molecule has 0 fully saturated rings. The van der Waals surface area contributed by atoms with E-state index in [9.17, 15) is 13.6 Å². The monoisotopic (exact) mass is 420 g/mol. The number of H-pyrrole nitrogens is 1. The fourth-order valence-electron chi connectivity index (χ4n) is 3.46. The summed E-state index contributed by atoms with van der Waals surface area (Å²) in [4.78, 5) is 25.7.